The molecule has 2 aliphatic heterocycles. The van der Waals surface area contributed by atoms with Crippen LogP contribution in [0.1, 0.15) is 58.8 Å². The summed E-state index contributed by atoms with van der Waals surface area (Å²) in [6.45, 7) is 12.8. The van der Waals surface area contributed by atoms with Crippen molar-refractivity contribution in [1.29, 1.82) is 0 Å². The number of unbranched alkanes of at least 4 members (excludes halogenated alkanes) is 1. The third kappa shape index (κ3) is 9.26. The molecule has 3 aliphatic rings. The zero-order valence-corrected chi connectivity index (χ0v) is 24.9. The number of carbonyl (C=O) groups excluding carboxylic acids is 1. The van der Waals surface area contributed by atoms with Gasteiger partial charge in [-0.15, -0.1) is 11.6 Å². The van der Waals surface area contributed by atoms with E-state index in [1.54, 1.807) is 7.11 Å². The van der Waals surface area contributed by atoms with Gasteiger partial charge in [0.15, 0.2) is 0 Å². The minimum Gasteiger partial charge on any atom is -0.495 e. The van der Waals surface area contributed by atoms with Crippen molar-refractivity contribution in [2.45, 2.75) is 58.8 Å². The Hall–Kier alpha value is -2.54. The molecule has 1 fully saturated rings. The molecule has 0 aromatic heterocycles. The second-order valence-corrected chi connectivity index (χ2v) is 11.1. The zero-order valence-electron chi connectivity index (χ0n) is 24.1. The van der Waals surface area contributed by atoms with Gasteiger partial charge in [-0.2, -0.15) is 0 Å². The Bertz CT molecular complexity index is 1040. The van der Waals surface area contributed by atoms with E-state index in [2.05, 4.69) is 23.3 Å². The summed E-state index contributed by atoms with van der Waals surface area (Å²) in [5.41, 5.74) is 4.45. The third-order valence-electron chi connectivity index (χ3n) is 7.72. The molecule has 1 aliphatic carbocycles. The molecule has 7 heteroatoms. The maximum Gasteiger partial charge on any atom is 0.269 e. The van der Waals surface area contributed by atoms with Crippen LogP contribution in [-0.2, 0) is 9.53 Å². The Kier molecular flexibility index (Phi) is 12.6. The largest absolute Gasteiger partial charge is 0.495 e. The summed E-state index contributed by atoms with van der Waals surface area (Å²) in [5, 5.41) is 1.25. The predicted octanol–water partition coefficient (Wildman–Crippen LogP) is 6.22. The molecule has 6 nitrogen and oxygen atoms in total. The lowest BCUT2D eigenvalue weighted by molar-refractivity contribution is -0.126. The van der Waals surface area contributed by atoms with E-state index in [1.807, 2.05) is 49.6 Å². The van der Waals surface area contributed by atoms with Gasteiger partial charge < -0.3 is 14.5 Å². The number of allylic oxidation sites excluding steroid dienone is 7. The van der Waals surface area contributed by atoms with Crippen molar-refractivity contribution >= 4 is 17.5 Å². The van der Waals surface area contributed by atoms with Gasteiger partial charge >= 0.3 is 0 Å². The number of nitrogens with two attached hydrogens (primary N) is 1. The van der Waals surface area contributed by atoms with E-state index >= 15 is 0 Å². The number of hydrogen-bond acceptors (Lipinski definition) is 5. The van der Waals surface area contributed by atoms with Gasteiger partial charge in [-0.25, -0.2) is 5.84 Å². The maximum atomic E-state index is 13.5. The van der Waals surface area contributed by atoms with E-state index in [0.717, 1.165) is 53.6 Å². The van der Waals surface area contributed by atoms with E-state index < -0.39 is 0 Å². The van der Waals surface area contributed by atoms with Crippen molar-refractivity contribution in [1.82, 2.24) is 14.8 Å². The van der Waals surface area contributed by atoms with Crippen molar-refractivity contribution < 1.29 is 9.53 Å². The molecule has 0 saturated carbocycles. The van der Waals surface area contributed by atoms with E-state index in [1.165, 1.54) is 50.2 Å². The summed E-state index contributed by atoms with van der Waals surface area (Å²) in [7, 11) is 1.70. The van der Waals surface area contributed by atoms with Crippen LogP contribution in [0.25, 0.3) is 0 Å². The molecule has 0 spiro atoms. The standard InChI is InChI=1S/C32H47ClN4O2/c1-5-6-12-27-15-19-35(20-16-27)17-9-18-36-24-29(28-13-8-14-31(39-4)30(36)21-28)32(38)37(34)23-26(3)11-7-10-25(2)22-33/h7-8,10-11,13-14,24,27H,3,5-6,9,12,15-23,34H2,1-2,4H3/b11-7-,25-10+. The predicted molar refractivity (Wildman–Crippen MR) is 163 cm³/mol. The second-order valence-electron chi connectivity index (χ2n) is 10.9. The van der Waals surface area contributed by atoms with Crippen LogP contribution in [0.3, 0.4) is 0 Å². The molecule has 2 N–H and O–H groups in total. The highest BCUT2D eigenvalue weighted by atomic mass is 35.5. The monoisotopic (exact) mass is 554 g/mol. The number of piperidine rings is 1. The van der Waals surface area contributed by atoms with Crippen molar-refractivity contribution in [2.75, 3.05) is 45.7 Å². The molecule has 1 saturated heterocycles. The number of methoxy groups -OCH3 is 1. The molecular weight excluding hydrogens is 508 g/mol. The molecule has 0 atom stereocenters. The van der Waals surface area contributed by atoms with Crippen LogP contribution in [-0.4, -0.2) is 66.4 Å². The number of nitrogens with zero attached hydrogens (tertiary/aromatic N) is 3. The van der Waals surface area contributed by atoms with Gasteiger partial charge in [-0.05, 0) is 69.0 Å². The Morgan fingerprint density at radius 3 is 2.74 bits per heavy atom. The molecule has 214 valence electrons. The van der Waals surface area contributed by atoms with Gasteiger partial charge in [0.1, 0.15) is 5.76 Å². The Labute approximate surface area is 240 Å². The minimum absolute atomic E-state index is 0.212. The van der Waals surface area contributed by atoms with Gasteiger partial charge in [-0.1, -0.05) is 68.7 Å². The van der Waals surface area contributed by atoms with Gasteiger partial charge in [-0.3, -0.25) is 9.80 Å². The number of amides is 1. The number of carbonyl (C=O) groups is 1. The normalized spacial score (nSPS) is 18.8. The molecule has 2 bridgehead atoms. The number of fused-ring (bicyclic) bond motifs is 2. The van der Waals surface area contributed by atoms with Crippen LogP contribution >= 0.6 is 11.6 Å². The lowest BCUT2D eigenvalue weighted by Crippen LogP contribution is -2.41. The first-order chi connectivity index (χ1) is 18.9. The first-order valence-corrected chi connectivity index (χ1v) is 14.9. The fourth-order valence-corrected chi connectivity index (χ4v) is 5.43. The molecule has 0 unspecified atom stereocenters. The molecular formula is C32H47ClN4O2. The highest BCUT2D eigenvalue weighted by molar-refractivity contribution is 6.19. The number of halogens is 1. The molecule has 0 aromatic carbocycles. The number of likely N-dealkylation sites (tertiary alicyclic amines) is 1. The number of ether oxygens (including phenoxy) is 1. The van der Waals surface area contributed by atoms with E-state index in [4.69, 9.17) is 22.2 Å². The van der Waals surface area contributed by atoms with E-state index in [9.17, 15) is 4.79 Å². The fraction of sp³-hybridized carbons (Fsp3) is 0.531. The number of rotatable bonds is 14. The Morgan fingerprint density at radius 2 is 2.05 bits per heavy atom. The number of hydrazine groups is 1. The quantitative estimate of drug-likeness (QED) is 0.0907. The summed E-state index contributed by atoms with van der Waals surface area (Å²) in [6.07, 6.45) is 21.8. The topological polar surface area (TPSA) is 62.0 Å². The number of hydrogen-bond donors (Lipinski definition) is 1. The second kappa shape index (κ2) is 15.9. The van der Waals surface area contributed by atoms with Crippen LogP contribution in [0.15, 0.2) is 83.0 Å². The molecule has 1 amide bonds. The Balaban J connectivity index is 1.65. The number of alkyl halides is 1. The van der Waals surface area contributed by atoms with Gasteiger partial charge in [0.05, 0.1) is 24.9 Å². The van der Waals surface area contributed by atoms with Gasteiger partial charge in [0.2, 0.25) is 0 Å². The third-order valence-corrected chi connectivity index (χ3v) is 8.14. The molecule has 2 heterocycles. The van der Waals surface area contributed by atoms with Crippen molar-refractivity contribution in [3.8, 4) is 0 Å². The molecule has 3 rings (SSSR count). The van der Waals surface area contributed by atoms with Crippen molar-refractivity contribution in [3.05, 3.63) is 83.0 Å². The summed E-state index contributed by atoms with van der Waals surface area (Å²) in [6, 6.07) is 0. The van der Waals surface area contributed by atoms with Crippen LogP contribution in [0.4, 0.5) is 0 Å². The van der Waals surface area contributed by atoms with Crippen molar-refractivity contribution in [3.63, 3.8) is 0 Å². The first kappa shape index (κ1) is 31.0. The molecule has 0 radical (unpaired) electrons. The average molecular weight is 555 g/mol. The van der Waals surface area contributed by atoms with Gasteiger partial charge in [0, 0.05) is 25.0 Å². The van der Waals surface area contributed by atoms with E-state index in [0.29, 0.717) is 17.9 Å². The first-order valence-electron chi connectivity index (χ1n) is 14.4. The summed E-state index contributed by atoms with van der Waals surface area (Å²) in [5.74, 6) is 8.26. The van der Waals surface area contributed by atoms with E-state index in [-0.39, 0.29) is 12.5 Å². The van der Waals surface area contributed by atoms with Crippen LogP contribution in [0.2, 0.25) is 0 Å². The summed E-state index contributed by atoms with van der Waals surface area (Å²) in [4.78, 5) is 18.3. The zero-order chi connectivity index (χ0) is 28.2. The highest BCUT2D eigenvalue weighted by Gasteiger charge is 2.29. The van der Waals surface area contributed by atoms with Crippen molar-refractivity contribution in [2.24, 2.45) is 11.8 Å². The van der Waals surface area contributed by atoms with Crippen LogP contribution < -0.4 is 5.84 Å². The molecule has 0 aromatic rings. The smallest absolute Gasteiger partial charge is 0.269 e. The average Bonchev–Trinajstić information content (AvgIpc) is 3.12. The Morgan fingerprint density at radius 1 is 1.28 bits per heavy atom. The summed E-state index contributed by atoms with van der Waals surface area (Å²) < 4.78 is 5.71. The van der Waals surface area contributed by atoms with Gasteiger partial charge in [0.25, 0.3) is 5.91 Å². The lowest BCUT2D eigenvalue weighted by Gasteiger charge is -2.34. The summed E-state index contributed by atoms with van der Waals surface area (Å²) >= 11 is 5.82. The minimum atomic E-state index is -0.212. The lowest BCUT2D eigenvalue weighted by atomic mass is 9.91. The maximum absolute atomic E-state index is 13.5. The molecule has 39 heavy (non-hydrogen) atoms. The SMILES string of the molecule is C=C(/C=C\C=C(/C)CCl)CN(N)C(=O)C1=CN(CCCN2CCC(CCCC)CC2)C2=C(OC)C=CC=C1C2. The van der Waals surface area contributed by atoms with Crippen LogP contribution in [0, 0.1) is 5.92 Å². The highest BCUT2D eigenvalue weighted by Crippen LogP contribution is 2.34. The van der Waals surface area contributed by atoms with Crippen LogP contribution in [0.5, 0.6) is 0 Å². The fourth-order valence-electron chi connectivity index (χ4n) is 5.34.